The Morgan fingerprint density at radius 2 is 0.830 bits per heavy atom. The number of amides is 1. The zero-order valence-corrected chi connectivity index (χ0v) is 57.4. The molecule has 4 heterocycles. The van der Waals surface area contributed by atoms with Gasteiger partial charge < -0.3 is 38.5 Å². The minimum absolute atomic E-state index is 0.127. The lowest BCUT2D eigenvalue weighted by atomic mass is 9.76. The Morgan fingerprint density at radius 1 is 0.489 bits per heavy atom. The predicted molar refractivity (Wildman–Crippen MR) is 384 cm³/mol. The molecular formula is C79H83BBrN7O6. The highest BCUT2D eigenvalue weighted by Gasteiger charge is 2.52. The molecule has 1 amide bonds. The summed E-state index contributed by atoms with van der Waals surface area (Å²) in [4.78, 5) is 35.4. The van der Waals surface area contributed by atoms with Crippen molar-refractivity contribution in [2.45, 2.75) is 114 Å². The number of phenols is 1. The maximum atomic E-state index is 11.3. The van der Waals surface area contributed by atoms with Crippen molar-refractivity contribution in [2.75, 3.05) is 6.54 Å². The molecule has 0 saturated carbocycles. The van der Waals surface area contributed by atoms with Gasteiger partial charge in [-0.15, -0.1) is 6.42 Å². The van der Waals surface area contributed by atoms with Gasteiger partial charge in [-0.2, -0.15) is 0 Å². The van der Waals surface area contributed by atoms with Gasteiger partial charge in [0.05, 0.1) is 36.4 Å². The largest absolute Gasteiger partial charge is 0.508 e. The second-order valence-electron chi connectivity index (χ2n) is 24.5. The van der Waals surface area contributed by atoms with Crippen LogP contribution < -0.4 is 10.8 Å². The van der Waals surface area contributed by atoms with Gasteiger partial charge in [0.2, 0.25) is 0 Å². The lowest BCUT2D eigenvalue weighted by Gasteiger charge is -2.32. The molecule has 0 radical (unpaired) electrons. The molecule has 0 atom stereocenters. The number of nitrogens with zero attached hydrogens (tertiary/aromatic N) is 6. The summed E-state index contributed by atoms with van der Waals surface area (Å²) in [7, 11) is -0.372. The second-order valence-corrected chi connectivity index (χ2v) is 25.3. The second kappa shape index (κ2) is 32.1. The number of hydrogen-bond donors (Lipinski definition) is 3. The minimum Gasteiger partial charge on any atom is -0.508 e. The number of rotatable bonds is 13. The van der Waals surface area contributed by atoms with Crippen molar-refractivity contribution in [2.24, 2.45) is 0 Å². The molecule has 11 aromatic rings. The summed E-state index contributed by atoms with van der Waals surface area (Å²) in [6.07, 6.45) is 10.8. The van der Waals surface area contributed by atoms with E-state index in [1.165, 1.54) is 33.5 Å². The normalized spacial score (nSPS) is 12.5. The summed E-state index contributed by atoms with van der Waals surface area (Å²) in [5.74, 6) is 4.59. The minimum atomic E-state index is -0.875. The van der Waals surface area contributed by atoms with Crippen LogP contribution in [0.25, 0.3) is 34.2 Å². The van der Waals surface area contributed by atoms with E-state index >= 15 is 0 Å². The molecule has 1 fully saturated rings. The van der Waals surface area contributed by atoms with Crippen LogP contribution in [-0.4, -0.2) is 75.6 Å². The van der Waals surface area contributed by atoms with Crippen LogP contribution in [0, 0.1) is 67.7 Å². The van der Waals surface area contributed by atoms with E-state index in [-0.39, 0.29) is 30.8 Å². The fourth-order valence-electron chi connectivity index (χ4n) is 10.1. The average molecular weight is 1320 g/mol. The highest BCUT2D eigenvalue weighted by Crippen LogP contribution is 2.37. The summed E-state index contributed by atoms with van der Waals surface area (Å²) < 4.78 is 20.4. The number of terminal acetylenes is 1. The number of carbonyl (C=O) groups excluding carboxylic acids is 1. The fourth-order valence-corrected chi connectivity index (χ4v) is 10.5. The Morgan fingerprint density at radius 3 is 1.22 bits per heavy atom. The molecule has 0 unspecified atom stereocenters. The number of carbonyl (C=O) groups is 2. The van der Waals surface area contributed by atoms with Crippen molar-refractivity contribution >= 4 is 40.4 Å². The predicted octanol–water partition coefficient (Wildman–Crippen LogP) is 16.5. The van der Waals surface area contributed by atoms with Crippen molar-refractivity contribution in [3.8, 4) is 52.3 Å². The Labute approximate surface area is 562 Å². The van der Waals surface area contributed by atoms with Crippen molar-refractivity contribution in [1.82, 2.24) is 34.0 Å². The number of benzene rings is 8. The number of imidazole rings is 3. The Kier molecular flexibility index (Phi) is 23.9. The number of carboxylic acids is 1. The standard InChI is InChI=1S/C24H29BN2O2.C18H17BrN2.C18H18N2O.C11H11NO.C8H8O2/c1-17-11-13-19(14-12-17)22-26-15-18(2)27(22)16-20-9-7-8-10-21(20)25-28-23(3,4)24(5,6)29-25;1-13-7-9-15(10-8-13)18-20-11-14(2)21(18)12-16-5-3-4-6-17(16)19;1-13-7-9-15(10-8-13)18-19-11-14(2)20(18)12-16-5-3-4-6-17(16)21;1-3-8-12-11(13)10-6-4-9(2)5-7-10;1-6-2-4-7(5-3-6)8(9)10/h7-15H,16H2,1-6H3;3-11H,12H2,1-2H3;3-11,21H,12H2,1-2H3;1,4-7H,8H2,2H3,(H,12,13);2-5H,1H3,(H,9,10). The SMILES string of the molecule is C#CCNC(=O)c1ccc(C)cc1.Cc1ccc(-c2ncc(C)n2Cc2ccccc2B2OC(C)(C)C(C)(C)O2)cc1.Cc1ccc(-c2ncc(C)n2Cc2ccccc2Br)cc1.Cc1ccc(-c2ncc(C)n2Cc2ccccc2O)cc1.Cc1ccc(C(=O)O)cc1. The third kappa shape index (κ3) is 18.5. The van der Waals surface area contributed by atoms with E-state index in [0.29, 0.717) is 23.4 Å². The van der Waals surface area contributed by atoms with Crippen LogP contribution in [0.1, 0.15) is 110 Å². The number of aromatic carboxylic acids is 1. The summed E-state index contributed by atoms with van der Waals surface area (Å²) >= 11 is 3.62. The molecular weight excluding hydrogens is 1230 g/mol. The van der Waals surface area contributed by atoms with E-state index in [4.69, 9.17) is 20.8 Å². The topological polar surface area (TPSA) is 159 Å². The highest BCUT2D eigenvalue weighted by atomic mass is 79.9. The van der Waals surface area contributed by atoms with Gasteiger partial charge in [-0.05, 0) is 136 Å². The van der Waals surface area contributed by atoms with Crippen LogP contribution >= 0.6 is 15.9 Å². The monoisotopic (exact) mass is 1320 g/mol. The van der Waals surface area contributed by atoms with E-state index < -0.39 is 5.97 Å². The number of carboxylic acid groups (broad SMARTS) is 1. The van der Waals surface area contributed by atoms with Gasteiger partial charge in [-0.1, -0.05) is 207 Å². The number of aryl methyl sites for hydroxylation is 8. The summed E-state index contributed by atoms with van der Waals surface area (Å²) in [5.41, 5.74) is 17.4. The molecule has 0 bridgehead atoms. The number of halogens is 1. The van der Waals surface area contributed by atoms with Crippen molar-refractivity contribution in [1.29, 1.82) is 0 Å². The number of aromatic hydroxyl groups is 1. The first-order chi connectivity index (χ1) is 44.9. The highest BCUT2D eigenvalue weighted by molar-refractivity contribution is 9.10. The molecule has 0 spiro atoms. The Bertz CT molecular complexity index is 4210. The van der Waals surface area contributed by atoms with Crippen LogP contribution in [0.5, 0.6) is 5.75 Å². The number of aromatic nitrogens is 6. The zero-order chi connectivity index (χ0) is 67.7. The van der Waals surface area contributed by atoms with Crippen molar-refractivity contribution in [3.63, 3.8) is 0 Å². The van der Waals surface area contributed by atoms with Crippen molar-refractivity contribution in [3.05, 3.63) is 290 Å². The molecule has 15 heteroatoms. The molecule has 3 N–H and O–H groups in total. The molecule has 8 aromatic carbocycles. The molecule has 1 saturated heterocycles. The van der Waals surface area contributed by atoms with Crippen LogP contribution in [0.15, 0.2) is 217 Å². The number of nitrogens with one attached hydrogen (secondary N) is 1. The lowest BCUT2D eigenvalue weighted by Crippen LogP contribution is -2.41. The third-order valence-electron chi connectivity index (χ3n) is 16.6. The third-order valence-corrected chi connectivity index (χ3v) is 17.3. The lowest BCUT2D eigenvalue weighted by molar-refractivity contribution is 0.00578. The van der Waals surface area contributed by atoms with Crippen LogP contribution in [-0.2, 0) is 28.9 Å². The number of para-hydroxylation sites is 1. The summed E-state index contributed by atoms with van der Waals surface area (Å²) in [6, 6.07) is 63.6. The van der Waals surface area contributed by atoms with Gasteiger partial charge >= 0.3 is 13.1 Å². The first-order valence-electron chi connectivity index (χ1n) is 31.2. The van der Waals surface area contributed by atoms with Crippen LogP contribution in [0.4, 0.5) is 0 Å². The first-order valence-corrected chi connectivity index (χ1v) is 32.0. The zero-order valence-electron chi connectivity index (χ0n) is 55.8. The summed E-state index contributed by atoms with van der Waals surface area (Å²) in [6.45, 7) is 27.2. The van der Waals surface area contributed by atoms with Gasteiger partial charge in [0, 0.05) is 74.5 Å². The Balaban J connectivity index is 0.000000157. The first kappa shape index (κ1) is 70.0. The molecule has 1 aliphatic rings. The van der Waals surface area contributed by atoms with E-state index in [2.05, 4.69) is 227 Å². The molecule has 3 aromatic heterocycles. The van der Waals surface area contributed by atoms with Crippen LogP contribution in [0.2, 0.25) is 0 Å². The van der Waals surface area contributed by atoms with Crippen molar-refractivity contribution < 1.29 is 29.1 Å². The van der Waals surface area contributed by atoms with E-state index in [9.17, 15) is 14.7 Å². The van der Waals surface area contributed by atoms with Crippen LogP contribution in [0.3, 0.4) is 0 Å². The molecule has 1 aliphatic heterocycles. The maximum Gasteiger partial charge on any atom is 0.495 e. The van der Waals surface area contributed by atoms with E-state index in [1.807, 2.05) is 81.8 Å². The van der Waals surface area contributed by atoms with Gasteiger partial charge in [-0.3, -0.25) is 4.79 Å². The Hall–Kier alpha value is -9.85. The van der Waals surface area contributed by atoms with E-state index in [0.717, 1.165) is 85.3 Å². The smallest absolute Gasteiger partial charge is 0.495 e. The van der Waals surface area contributed by atoms with Gasteiger partial charge in [-0.25, -0.2) is 19.7 Å². The van der Waals surface area contributed by atoms with Gasteiger partial charge in [0.15, 0.2) is 0 Å². The summed E-state index contributed by atoms with van der Waals surface area (Å²) in [5, 5.41) is 21.0. The quantitative estimate of drug-likeness (QED) is 0.0755. The molecule has 12 rings (SSSR count). The van der Waals surface area contributed by atoms with Gasteiger partial charge in [0.25, 0.3) is 5.91 Å². The number of phenolic OH excluding ortho intramolecular Hbond substituents is 1. The molecule has 480 valence electrons. The fraction of sp³-hybridized carbons (Fsp3) is 0.228. The van der Waals surface area contributed by atoms with E-state index in [1.54, 1.807) is 42.5 Å². The van der Waals surface area contributed by atoms with Gasteiger partial charge in [0.1, 0.15) is 23.2 Å². The average Bonchev–Trinajstić information content (AvgIpc) is 1.62. The molecule has 13 nitrogen and oxygen atoms in total. The molecule has 0 aliphatic carbocycles. The maximum absolute atomic E-state index is 11.3. The number of hydrogen-bond acceptors (Lipinski definition) is 8. The molecule has 94 heavy (non-hydrogen) atoms.